The highest BCUT2D eigenvalue weighted by Gasteiger charge is 2.47. The number of hydrogen-bond acceptors (Lipinski definition) is 3. The third-order valence-corrected chi connectivity index (χ3v) is 4.35. The Morgan fingerprint density at radius 1 is 1.69 bits per heavy atom. The van der Waals surface area contributed by atoms with E-state index in [1.54, 1.807) is 17.4 Å². The van der Waals surface area contributed by atoms with Gasteiger partial charge in [0.05, 0.1) is 0 Å². The van der Waals surface area contributed by atoms with Crippen LogP contribution < -0.4 is 0 Å². The molecular weight excluding hydrogens is 250 g/mol. The Hall–Kier alpha value is -0.440. The summed E-state index contributed by atoms with van der Waals surface area (Å²) in [5.74, 6) is 0. The van der Waals surface area contributed by atoms with Gasteiger partial charge in [-0.15, -0.1) is 11.3 Å². The van der Waals surface area contributed by atoms with Crippen molar-refractivity contribution in [3.05, 3.63) is 20.3 Å². The van der Waals surface area contributed by atoms with Crippen LogP contribution in [-0.2, 0) is 10.3 Å². The van der Waals surface area contributed by atoms with Crippen molar-refractivity contribution < 1.29 is 4.79 Å². The molecule has 68 valence electrons. The van der Waals surface area contributed by atoms with Crippen molar-refractivity contribution in [1.29, 1.82) is 0 Å². The number of hydrogen-bond donors (Lipinski definition) is 0. The van der Waals surface area contributed by atoms with Crippen LogP contribution in [0.15, 0.2) is 15.5 Å². The van der Waals surface area contributed by atoms with Gasteiger partial charge in [-0.25, -0.2) is 4.79 Å². The number of thiophene rings is 1. The average Bonchev–Trinajstić information content (AvgIpc) is 2.74. The van der Waals surface area contributed by atoms with E-state index in [0.29, 0.717) is 0 Å². The lowest BCUT2D eigenvalue weighted by molar-refractivity contribution is 0.557. The molecule has 0 radical (unpaired) electrons. The molecular formula is C9H8BrNOS. The molecule has 1 aromatic heterocycles. The van der Waals surface area contributed by atoms with Crippen molar-refractivity contribution in [2.45, 2.75) is 25.3 Å². The number of halogens is 1. The third-order valence-electron chi connectivity index (χ3n) is 2.22. The largest absolute Gasteiger partial charge is 0.235 e. The van der Waals surface area contributed by atoms with Gasteiger partial charge in [-0.2, -0.15) is 4.99 Å². The fourth-order valence-electron chi connectivity index (χ4n) is 1.40. The van der Waals surface area contributed by atoms with E-state index in [1.165, 1.54) is 9.75 Å². The van der Waals surface area contributed by atoms with Crippen LogP contribution in [-0.4, -0.2) is 6.08 Å². The van der Waals surface area contributed by atoms with Crippen LogP contribution in [0, 0.1) is 6.92 Å². The number of aliphatic imine (C=N–C) groups is 1. The van der Waals surface area contributed by atoms with Gasteiger partial charge in [0.15, 0.2) is 0 Å². The summed E-state index contributed by atoms with van der Waals surface area (Å²) < 4.78 is 1.08. The molecule has 1 aromatic rings. The van der Waals surface area contributed by atoms with E-state index in [2.05, 4.69) is 33.9 Å². The van der Waals surface area contributed by atoms with Gasteiger partial charge in [0, 0.05) is 14.2 Å². The van der Waals surface area contributed by atoms with E-state index in [1.807, 2.05) is 0 Å². The van der Waals surface area contributed by atoms with Crippen LogP contribution in [0.5, 0.6) is 0 Å². The smallest absolute Gasteiger partial charge is 0.211 e. The van der Waals surface area contributed by atoms with Crippen LogP contribution in [0.25, 0.3) is 0 Å². The molecule has 1 aliphatic rings. The second-order valence-corrected chi connectivity index (χ2v) is 5.38. The van der Waals surface area contributed by atoms with Crippen molar-refractivity contribution in [2.24, 2.45) is 4.99 Å². The van der Waals surface area contributed by atoms with Gasteiger partial charge in [-0.1, -0.05) is 0 Å². The summed E-state index contributed by atoms with van der Waals surface area (Å²) in [7, 11) is 0. The molecule has 0 aliphatic heterocycles. The Labute approximate surface area is 88.8 Å². The molecule has 4 heteroatoms. The molecule has 1 heterocycles. The van der Waals surface area contributed by atoms with Gasteiger partial charge < -0.3 is 0 Å². The zero-order chi connectivity index (χ0) is 9.47. The van der Waals surface area contributed by atoms with Gasteiger partial charge in [0.2, 0.25) is 6.08 Å². The molecule has 0 atom stereocenters. The van der Waals surface area contributed by atoms with E-state index < -0.39 is 0 Å². The lowest BCUT2D eigenvalue weighted by atomic mass is 10.2. The molecule has 0 spiro atoms. The molecule has 0 saturated heterocycles. The molecule has 1 aliphatic carbocycles. The Kier molecular flexibility index (Phi) is 2.14. The number of carbonyl (C=O) groups excluding carboxylic acids is 1. The van der Waals surface area contributed by atoms with Crippen LogP contribution in [0.3, 0.4) is 0 Å². The van der Waals surface area contributed by atoms with Gasteiger partial charge in [0.25, 0.3) is 0 Å². The van der Waals surface area contributed by atoms with Crippen molar-refractivity contribution in [3.63, 3.8) is 0 Å². The Bertz CT molecular complexity index is 388. The van der Waals surface area contributed by atoms with E-state index in [4.69, 9.17) is 0 Å². The minimum atomic E-state index is -0.223. The topological polar surface area (TPSA) is 29.4 Å². The van der Waals surface area contributed by atoms with E-state index >= 15 is 0 Å². The zero-order valence-corrected chi connectivity index (χ0v) is 9.54. The predicted octanol–water partition coefficient (Wildman–Crippen LogP) is 3.14. The van der Waals surface area contributed by atoms with E-state index in [0.717, 1.165) is 17.3 Å². The second-order valence-electron chi connectivity index (χ2n) is 3.27. The van der Waals surface area contributed by atoms with Gasteiger partial charge in [-0.05, 0) is 41.8 Å². The summed E-state index contributed by atoms with van der Waals surface area (Å²) in [4.78, 5) is 16.6. The predicted molar refractivity (Wildman–Crippen MR) is 55.8 cm³/mol. The lowest BCUT2D eigenvalue weighted by Crippen LogP contribution is -1.99. The maximum absolute atomic E-state index is 10.2. The number of isocyanates is 1. The first-order chi connectivity index (χ1) is 6.18. The third kappa shape index (κ3) is 1.50. The molecule has 2 rings (SSSR count). The summed E-state index contributed by atoms with van der Waals surface area (Å²) in [5.41, 5.74) is -0.223. The quantitative estimate of drug-likeness (QED) is 0.591. The highest BCUT2D eigenvalue weighted by molar-refractivity contribution is 9.10. The second kappa shape index (κ2) is 3.05. The van der Waals surface area contributed by atoms with Crippen molar-refractivity contribution >= 4 is 33.3 Å². The lowest BCUT2D eigenvalue weighted by Gasteiger charge is -2.04. The fraction of sp³-hybridized carbons (Fsp3) is 0.444. The van der Waals surface area contributed by atoms with Crippen molar-refractivity contribution in [3.8, 4) is 0 Å². The maximum atomic E-state index is 10.2. The summed E-state index contributed by atoms with van der Waals surface area (Å²) >= 11 is 5.19. The Morgan fingerprint density at radius 3 is 2.77 bits per heavy atom. The first-order valence-electron chi connectivity index (χ1n) is 4.03. The molecule has 13 heavy (non-hydrogen) atoms. The van der Waals surface area contributed by atoms with Gasteiger partial charge in [0.1, 0.15) is 5.54 Å². The summed E-state index contributed by atoms with van der Waals surface area (Å²) in [5, 5.41) is 0. The van der Waals surface area contributed by atoms with E-state index in [-0.39, 0.29) is 5.54 Å². The van der Waals surface area contributed by atoms with Crippen LogP contribution >= 0.6 is 27.3 Å². The molecule has 0 amide bonds. The first kappa shape index (κ1) is 9.13. The average molecular weight is 258 g/mol. The monoisotopic (exact) mass is 257 g/mol. The number of nitrogens with zero attached hydrogens (tertiary/aromatic N) is 1. The fourth-order valence-corrected chi connectivity index (χ4v) is 3.60. The standard InChI is InChI=1S/C9H8BrNOS/c1-6-4-7(10)8(13-6)9(2-3-9)11-5-12/h4H,2-3H2,1H3. The normalized spacial score (nSPS) is 18.0. The van der Waals surface area contributed by atoms with Gasteiger partial charge in [-0.3, -0.25) is 0 Å². The minimum Gasteiger partial charge on any atom is -0.211 e. The molecule has 0 aromatic carbocycles. The maximum Gasteiger partial charge on any atom is 0.235 e. The van der Waals surface area contributed by atoms with E-state index in [9.17, 15) is 4.79 Å². The Morgan fingerprint density at radius 2 is 2.38 bits per heavy atom. The SMILES string of the molecule is Cc1cc(Br)c(C2(N=C=O)CC2)s1. The minimum absolute atomic E-state index is 0.223. The highest BCUT2D eigenvalue weighted by Crippen LogP contribution is 2.54. The summed E-state index contributed by atoms with van der Waals surface area (Å²) in [6, 6.07) is 2.07. The van der Waals surface area contributed by atoms with Crippen molar-refractivity contribution in [2.75, 3.05) is 0 Å². The highest BCUT2D eigenvalue weighted by atomic mass is 79.9. The molecule has 0 N–H and O–H groups in total. The van der Waals surface area contributed by atoms with Crippen LogP contribution in [0.2, 0.25) is 0 Å². The molecule has 1 fully saturated rings. The summed E-state index contributed by atoms with van der Waals surface area (Å²) in [6.45, 7) is 2.06. The zero-order valence-electron chi connectivity index (χ0n) is 7.13. The van der Waals surface area contributed by atoms with Crippen LogP contribution in [0.1, 0.15) is 22.6 Å². The Balaban J connectivity index is 2.45. The van der Waals surface area contributed by atoms with Gasteiger partial charge >= 0.3 is 0 Å². The molecule has 2 nitrogen and oxygen atoms in total. The number of aryl methyl sites for hydroxylation is 1. The number of rotatable bonds is 2. The molecule has 0 unspecified atom stereocenters. The first-order valence-corrected chi connectivity index (χ1v) is 5.64. The van der Waals surface area contributed by atoms with Crippen molar-refractivity contribution in [1.82, 2.24) is 0 Å². The molecule has 1 saturated carbocycles. The van der Waals surface area contributed by atoms with Crippen LogP contribution in [0.4, 0.5) is 0 Å². The summed E-state index contributed by atoms with van der Waals surface area (Å²) in [6.07, 6.45) is 3.61. The molecule has 0 bridgehead atoms.